The van der Waals surface area contributed by atoms with Crippen LogP contribution in [0, 0.1) is 10.1 Å². The van der Waals surface area contributed by atoms with E-state index < -0.39 is 10.8 Å². The molecule has 6 nitrogen and oxygen atoms in total. The Hall–Kier alpha value is -2.41. The number of nitrogens with one attached hydrogen (secondary N) is 1. The SMILES string of the molecule is CC(NC(=O)c1ccc(N)c([N+](=O)[O-])c1)c1cccc(Br)c1. The van der Waals surface area contributed by atoms with Crippen molar-refractivity contribution in [3.8, 4) is 0 Å². The number of carbonyl (C=O) groups is 1. The second kappa shape index (κ2) is 6.57. The van der Waals surface area contributed by atoms with Crippen LogP contribution in [0.25, 0.3) is 0 Å². The van der Waals surface area contributed by atoms with Crippen molar-refractivity contribution in [3.63, 3.8) is 0 Å². The van der Waals surface area contributed by atoms with Crippen molar-refractivity contribution in [2.45, 2.75) is 13.0 Å². The van der Waals surface area contributed by atoms with E-state index in [1.54, 1.807) is 0 Å². The van der Waals surface area contributed by atoms with Gasteiger partial charge in [0.25, 0.3) is 11.6 Å². The number of halogens is 1. The van der Waals surface area contributed by atoms with Crippen LogP contribution in [-0.2, 0) is 0 Å². The molecule has 0 saturated carbocycles. The van der Waals surface area contributed by atoms with Crippen LogP contribution in [0.2, 0.25) is 0 Å². The van der Waals surface area contributed by atoms with Crippen LogP contribution in [0.1, 0.15) is 28.9 Å². The molecule has 0 aliphatic rings. The zero-order chi connectivity index (χ0) is 16.3. The molecule has 3 N–H and O–H groups in total. The number of nitro groups is 1. The third kappa shape index (κ3) is 3.62. The number of hydrogen-bond donors (Lipinski definition) is 2. The number of nitro benzene ring substituents is 1. The third-order valence-electron chi connectivity index (χ3n) is 3.19. The van der Waals surface area contributed by atoms with E-state index >= 15 is 0 Å². The molecular formula is C15H14BrN3O3. The van der Waals surface area contributed by atoms with Gasteiger partial charge in [-0.2, -0.15) is 0 Å². The lowest BCUT2D eigenvalue weighted by atomic mass is 10.1. The summed E-state index contributed by atoms with van der Waals surface area (Å²) in [5, 5.41) is 13.7. The molecule has 0 bridgehead atoms. The van der Waals surface area contributed by atoms with Crippen LogP contribution in [0.3, 0.4) is 0 Å². The van der Waals surface area contributed by atoms with Crippen LogP contribution < -0.4 is 11.1 Å². The summed E-state index contributed by atoms with van der Waals surface area (Å²) in [6.45, 7) is 1.84. The second-order valence-corrected chi connectivity index (χ2v) is 5.70. The molecule has 0 radical (unpaired) electrons. The average molecular weight is 364 g/mol. The quantitative estimate of drug-likeness (QED) is 0.493. The van der Waals surface area contributed by atoms with E-state index in [1.165, 1.54) is 18.2 Å². The highest BCUT2D eigenvalue weighted by molar-refractivity contribution is 9.10. The molecule has 0 fully saturated rings. The van der Waals surface area contributed by atoms with E-state index in [2.05, 4.69) is 21.2 Å². The molecule has 1 atom stereocenters. The molecule has 1 unspecified atom stereocenters. The van der Waals surface area contributed by atoms with Gasteiger partial charge in [-0.05, 0) is 36.8 Å². The van der Waals surface area contributed by atoms with Gasteiger partial charge in [-0.3, -0.25) is 14.9 Å². The first-order valence-corrected chi connectivity index (χ1v) is 7.28. The first-order chi connectivity index (χ1) is 10.4. The number of benzene rings is 2. The number of carbonyl (C=O) groups excluding carboxylic acids is 1. The van der Waals surface area contributed by atoms with Crippen molar-refractivity contribution in [1.29, 1.82) is 0 Å². The Morgan fingerprint density at radius 1 is 1.32 bits per heavy atom. The molecule has 0 aliphatic heterocycles. The second-order valence-electron chi connectivity index (χ2n) is 4.78. The van der Waals surface area contributed by atoms with Crippen molar-refractivity contribution in [3.05, 3.63) is 68.2 Å². The Bertz CT molecular complexity index is 734. The van der Waals surface area contributed by atoms with Crippen molar-refractivity contribution in [1.82, 2.24) is 5.32 Å². The van der Waals surface area contributed by atoms with E-state index in [-0.39, 0.29) is 23.0 Å². The number of nitrogen functional groups attached to an aromatic ring is 1. The third-order valence-corrected chi connectivity index (χ3v) is 3.68. The monoisotopic (exact) mass is 363 g/mol. The van der Waals surface area contributed by atoms with Crippen LogP contribution in [0.15, 0.2) is 46.9 Å². The summed E-state index contributed by atoms with van der Waals surface area (Å²) in [4.78, 5) is 22.5. The molecular weight excluding hydrogens is 350 g/mol. The van der Waals surface area contributed by atoms with Gasteiger partial charge in [0.05, 0.1) is 11.0 Å². The van der Waals surface area contributed by atoms with Gasteiger partial charge in [0.15, 0.2) is 0 Å². The number of anilines is 1. The van der Waals surface area contributed by atoms with Gasteiger partial charge in [-0.25, -0.2) is 0 Å². The maximum atomic E-state index is 12.2. The van der Waals surface area contributed by atoms with Gasteiger partial charge in [0, 0.05) is 16.1 Å². The molecule has 0 saturated heterocycles. The Labute approximate surface area is 135 Å². The fourth-order valence-electron chi connectivity index (χ4n) is 1.98. The fraction of sp³-hybridized carbons (Fsp3) is 0.133. The van der Waals surface area contributed by atoms with Gasteiger partial charge in [0.2, 0.25) is 0 Å². The van der Waals surface area contributed by atoms with Crippen molar-refractivity contribution in [2.24, 2.45) is 0 Å². The number of hydrogen-bond acceptors (Lipinski definition) is 4. The molecule has 22 heavy (non-hydrogen) atoms. The molecule has 0 aliphatic carbocycles. The molecule has 7 heteroatoms. The topological polar surface area (TPSA) is 98.3 Å². The first kappa shape index (κ1) is 16.0. The fourth-order valence-corrected chi connectivity index (χ4v) is 2.40. The minimum Gasteiger partial charge on any atom is -0.393 e. The van der Waals surface area contributed by atoms with Crippen LogP contribution in [-0.4, -0.2) is 10.8 Å². The van der Waals surface area contributed by atoms with E-state index in [4.69, 9.17) is 5.73 Å². The molecule has 114 valence electrons. The molecule has 1 amide bonds. The number of nitrogens with zero attached hydrogens (tertiary/aromatic N) is 1. The predicted molar refractivity (Wildman–Crippen MR) is 87.5 cm³/mol. The Kier molecular flexibility index (Phi) is 4.77. The normalized spacial score (nSPS) is 11.7. The summed E-state index contributed by atoms with van der Waals surface area (Å²) in [6.07, 6.45) is 0. The lowest BCUT2D eigenvalue weighted by molar-refractivity contribution is -0.383. The number of amides is 1. The summed E-state index contributed by atoms with van der Waals surface area (Å²) in [5.74, 6) is -0.393. The van der Waals surface area contributed by atoms with Crippen molar-refractivity contribution in [2.75, 3.05) is 5.73 Å². The van der Waals surface area contributed by atoms with Gasteiger partial charge in [-0.1, -0.05) is 28.1 Å². The highest BCUT2D eigenvalue weighted by Crippen LogP contribution is 2.23. The smallest absolute Gasteiger partial charge is 0.292 e. The molecule has 0 heterocycles. The van der Waals surface area contributed by atoms with E-state index in [0.717, 1.165) is 10.0 Å². The molecule has 2 rings (SSSR count). The molecule has 2 aromatic rings. The zero-order valence-electron chi connectivity index (χ0n) is 11.7. The zero-order valence-corrected chi connectivity index (χ0v) is 13.3. The van der Waals surface area contributed by atoms with Gasteiger partial charge >= 0.3 is 0 Å². The lowest BCUT2D eigenvalue weighted by Gasteiger charge is -2.14. The summed E-state index contributed by atoms with van der Waals surface area (Å²) in [7, 11) is 0. The Morgan fingerprint density at radius 2 is 2.05 bits per heavy atom. The van der Waals surface area contributed by atoms with E-state index in [0.29, 0.717) is 0 Å². The highest BCUT2D eigenvalue weighted by Gasteiger charge is 2.17. The highest BCUT2D eigenvalue weighted by atomic mass is 79.9. The minimum atomic E-state index is -0.607. The van der Waals surface area contributed by atoms with Crippen molar-refractivity contribution < 1.29 is 9.72 Å². The predicted octanol–water partition coefficient (Wildman–Crippen LogP) is 3.43. The number of nitrogens with two attached hydrogens (primary N) is 1. The molecule has 0 aromatic heterocycles. The average Bonchev–Trinajstić information content (AvgIpc) is 2.47. The lowest BCUT2D eigenvalue weighted by Crippen LogP contribution is -2.26. The van der Waals surface area contributed by atoms with E-state index in [1.807, 2.05) is 31.2 Å². The summed E-state index contributed by atoms with van der Waals surface area (Å²) in [5.41, 5.74) is 6.40. The summed E-state index contributed by atoms with van der Waals surface area (Å²) in [6, 6.07) is 11.3. The van der Waals surface area contributed by atoms with Crippen molar-refractivity contribution >= 4 is 33.2 Å². The largest absolute Gasteiger partial charge is 0.393 e. The van der Waals surface area contributed by atoms with Gasteiger partial charge in [-0.15, -0.1) is 0 Å². The van der Waals surface area contributed by atoms with Gasteiger partial charge < -0.3 is 11.1 Å². The number of rotatable bonds is 4. The minimum absolute atomic E-state index is 0.0292. The molecule has 2 aromatic carbocycles. The van der Waals surface area contributed by atoms with E-state index in [9.17, 15) is 14.9 Å². The first-order valence-electron chi connectivity index (χ1n) is 6.48. The Balaban J connectivity index is 2.19. The molecule has 0 spiro atoms. The van der Waals surface area contributed by atoms with Crippen LogP contribution in [0.4, 0.5) is 11.4 Å². The summed E-state index contributed by atoms with van der Waals surface area (Å²) >= 11 is 3.37. The van der Waals surface area contributed by atoms with Crippen LogP contribution >= 0.6 is 15.9 Å². The Morgan fingerprint density at radius 3 is 2.68 bits per heavy atom. The standard InChI is InChI=1S/C15H14BrN3O3/c1-9(10-3-2-4-12(16)7-10)18-15(20)11-5-6-13(17)14(8-11)19(21)22/h2-9H,17H2,1H3,(H,18,20). The van der Waals surface area contributed by atoms with Crippen LogP contribution in [0.5, 0.6) is 0 Å². The maximum Gasteiger partial charge on any atom is 0.292 e. The summed E-state index contributed by atoms with van der Waals surface area (Å²) < 4.78 is 0.911. The maximum absolute atomic E-state index is 12.2. The van der Waals surface area contributed by atoms with Gasteiger partial charge in [0.1, 0.15) is 5.69 Å².